The number of hydrogen-bond donors (Lipinski definition) is 4. The third-order valence-electron chi connectivity index (χ3n) is 7.83. The molecule has 10 nitrogen and oxygen atoms in total. The van der Waals surface area contributed by atoms with Crippen molar-refractivity contribution in [3.05, 3.63) is 0 Å². The van der Waals surface area contributed by atoms with Crippen LogP contribution in [0.25, 0.3) is 0 Å². The Morgan fingerprint density at radius 2 is 1.78 bits per heavy atom. The summed E-state index contributed by atoms with van der Waals surface area (Å²) in [7, 11) is 0. The molecule has 0 unspecified atom stereocenters. The van der Waals surface area contributed by atoms with Crippen molar-refractivity contribution >= 4 is 30.0 Å². The number of hydrogen-bond acceptors (Lipinski definition) is 5. The van der Waals surface area contributed by atoms with Crippen molar-refractivity contribution in [2.45, 2.75) is 91.9 Å². The van der Waals surface area contributed by atoms with Gasteiger partial charge in [-0.05, 0) is 56.3 Å². The molecule has 1 saturated carbocycles. The van der Waals surface area contributed by atoms with E-state index in [2.05, 4.69) is 35.1 Å². The molecule has 202 valence electrons. The molecule has 5 amide bonds. The van der Waals surface area contributed by atoms with Gasteiger partial charge in [0.15, 0.2) is 0 Å². The minimum absolute atomic E-state index is 0.0347. The third-order valence-corrected chi connectivity index (χ3v) is 7.83. The highest BCUT2D eigenvalue weighted by atomic mass is 16.2. The second-order valence-electron chi connectivity index (χ2n) is 13.3. The SMILES string of the molecule is CC(C)(C)NC(=O)N[C@H](C(=O)N1C[C@H]2[C@@H]([C@H]1C(=O)N[C@H](C=O)C[C@@H]1CCNC1=O)C2(C)C)C(C)(C)C. The van der Waals surface area contributed by atoms with Crippen molar-refractivity contribution < 1.29 is 24.0 Å². The zero-order valence-corrected chi connectivity index (χ0v) is 22.9. The van der Waals surface area contributed by atoms with Crippen LogP contribution < -0.4 is 21.3 Å². The lowest BCUT2D eigenvalue weighted by Crippen LogP contribution is -2.61. The first-order chi connectivity index (χ1) is 16.5. The van der Waals surface area contributed by atoms with Gasteiger partial charge < -0.3 is 31.0 Å². The van der Waals surface area contributed by atoms with Crippen molar-refractivity contribution in [2.24, 2.45) is 28.6 Å². The predicted molar refractivity (Wildman–Crippen MR) is 135 cm³/mol. The Bertz CT molecular complexity index is 919. The monoisotopic (exact) mass is 505 g/mol. The van der Waals surface area contributed by atoms with Gasteiger partial charge in [-0.3, -0.25) is 14.4 Å². The average molecular weight is 506 g/mol. The first-order valence-corrected chi connectivity index (χ1v) is 12.9. The molecule has 0 spiro atoms. The molecule has 2 saturated heterocycles. The molecule has 0 radical (unpaired) electrons. The molecule has 3 rings (SSSR count). The molecular weight excluding hydrogens is 462 g/mol. The number of rotatable bonds is 7. The lowest BCUT2D eigenvalue weighted by Gasteiger charge is -2.38. The Morgan fingerprint density at radius 3 is 2.28 bits per heavy atom. The summed E-state index contributed by atoms with van der Waals surface area (Å²) >= 11 is 0. The van der Waals surface area contributed by atoms with Crippen LogP contribution in [-0.2, 0) is 19.2 Å². The molecule has 1 aliphatic carbocycles. The molecule has 36 heavy (non-hydrogen) atoms. The topological polar surface area (TPSA) is 137 Å². The van der Waals surface area contributed by atoms with Gasteiger partial charge in [-0.1, -0.05) is 34.6 Å². The van der Waals surface area contributed by atoms with Gasteiger partial charge in [0.1, 0.15) is 18.4 Å². The Labute approximate surface area is 214 Å². The molecule has 10 heteroatoms. The third kappa shape index (κ3) is 5.83. The first kappa shape index (κ1) is 27.9. The molecule has 3 aliphatic rings. The molecule has 0 bridgehead atoms. The number of carbonyl (C=O) groups excluding carboxylic acids is 5. The number of nitrogens with zero attached hydrogens (tertiary/aromatic N) is 1. The van der Waals surface area contributed by atoms with Gasteiger partial charge in [-0.15, -0.1) is 0 Å². The van der Waals surface area contributed by atoms with Gasteiger partial charge >= 0.3 is 6.03 Å². The Balaban J connectivity index is 1.78. The Morgan fingerprint density at radius 1 is 1.14 bits per heavy atom. The van der Waals surface area contributed by atoms with E-state index in [-0.39, 0.29) is 47.3 Å². The Hall–Kier alpha value is -2.65. The lowest BCUT2D eigenvalue weighted by atomic mass is 9.85. The molecule has 0 aromatic rings. The molecule has 0 aromatic carbocycles. The van der Waals surface area contributed by atoms with Crippen LogP contribution >= 0.6 is 0 Å². The molecule has 2 aliphatic heterocycles. The fourth-order valence-electron chi connectivity index (χ4n) is 5.73. The quantitative estimate of drug-likeness (QED) is 0.385. The highest BCUT2D eigenvalue weighted by Crippen LogP contribution is 2.65. The van der Waals surface area contributed by atoms with Crippen LogP contribution in [0.15, 0.2) is 0 Å². The fraction of sp³-hybridized carbons (Fsp3) is 0.808. The first-order valence-electron chi connectivity index (χ1n) is 12.9. The van der Waals surface area contributed by atoms with E-state index in [4.69, 9.17) is 0 Å². The van der Waals surface area contributed by atoms with Crippen LogP contribution in [0.5, 0.6) is 0 Å². The van der Waals surface area contributed by atoms with Gasteiger partial charge in [-0.25, -0.2) is 4.79 Å². The lowest BCUT2D eigenvalue weighted by molar-refractivity contribution is -0.144. The number of amides is 5. The fourth-order valence-corrected chi connectivity index (χ4v) is 5.73. The van der Waals surface area contributed by atoms with E-state index in [1.807, 2.05) is 41.5 Å². The molecule has 2 heterocycles. The van der Waals surface area contributed by atoms with Crippen molar-refractivity contribution in [1.29, 1.82) is 0 Å². The number of aldehydes is 1. The normalized spacial score (nSPS) is 28.4. The summed E-state index contributed by atoms with van der Waals surface area (Å²) in [5.74, 6) is -0.993. The van der Waals surface area contributed by atoms with E-state index in [0.717, 1.165) is 0 Å². The zero-order chi connectivity index (χ0) is 27.2. The van der Waals surface area contributed by atoms with Crippen LogP contribution in [0.2, 0.25) is 0 Å². The second kappa shape index (κ2) is 9.67. The second-order valence-corrected chi connectivity index (χ2v) is 13.3. The van der Waals surface area contributed by atoms with Gasteiger partial charge in [0.25, 0.3) is 0 Å². The largest absolute Gasteiger partial charge is 0.356 e. The summed E-state index contributed by atoms with van der Waals surface area (Å²) < 4.78 is 0. The number of piperidine rings is 1. The van der Waals surface area contributed by atoms with Crippen molar-refractivity contribution in [3.8, 4) is 0 Å². The van der Waals surface area contributed by atoms with E-state index >= 15 is 0 Å². The summed E-state index contributed by atoms with van der Waals surface area (Å²) in [6, 6.07) is -2.84. The number of urea groups is 1. The van der Waals surface area contributed by atoms with Gasteiger partial charge in [0.05, 0.1) is 6.04 Å². The highest BCUT2D eigenvalue weighted by molar-refractivity contribution is 5.94. The maximum atomic E-state index is 13.8. The maximum absolute atomic E-state index is 13.8. The number of carbonyl (C=O) groups is 5. The van der Waals surface area contributed by atoms with Gasteiger partial charge in [0, 0.05) is 24.5 Å². The molecule has 6 atom stereocenters. The highest BCUT2D eigenvalue weighted by Gasteiger charge is 2.69. The minimum atomic E-state index is -0.847. The summed E-state index contributed by atoms with van der Waals surface area (Å²) in [5, 5.41) is 11.2. The van der Waals surface area contributed by atoms with Crippen LogP contribution in [0.4, 0.5) is 4.79 Å². The van der Waals surface area contributed by atoms with Crippen molar-refractivity contribution in [3.63, 3.8) is 0 Å². The number of likely N-dealkylation sites (tertiary alicyclic amines) is 1. The van der Waals surface area contributed by atoms with E-state index in [9.17, 15) is 24.0 Å². The van der Waals surface area contributed by atoms with Crippen LogP contribution in [0.1, 0.15) is 68.2 Å². The maximum Gasteiger partial charge on any atom is 0.315 e. The van der Waals surface area contributed by atoms with Crippen LogP contribution in [-0.4, -0.2) is 71.7 Å². The summed E-state index contributed by atoms with van der Waals surface area (Å²) in [6.07, 6.45) is 1.52. The van der Waals surface area contributed by atoms with E-state index in [1.54, 1.807) is 4.90 Å². The minimum Gasteiger partial charge on any atom is -0.356 e. The zero-order valence-electron chi connectivity index (χ0n) is 22.9. The van der Waals surface area contributed by atoms with Crippen molar-refractivity contribution in [1.82, 2.24) is 26.2 Å². The van der Waals surface area contributed by atoms with Crippen LogP contribution in [0, 0.1) is 28.6 Å². The average Bonchev–Trinajstić information content (AvgIpc) is 3.08. The molecule has 0 aromatic heterocycles. The smallest absolute Gasteiger partial charge is 0.315 e. The van der Waals surface area contributed by atoms with Crippen molar-refractivity contribution in [2.75, 3.05) is 13.1 Å². The van der Waals surface area contributed by atoms with Crippen LogP contribution in [0.3, 0.4) is 0 Å². The summed E-state index contributed by atoms with van der Waals surface area (Å²) in [5.41, 5.74) is -1.18. The molecule has 4 N–H and O–H groups in total. The number of fused-ring (bicyclic) bond motifs is 1. The summed E-state index contributed by atoms with van der Waals surface area (Å²) in [4.78, 5) is 65.3. The van der Waals surface area contributed by atoms with E-state index < -0.39 is 35.1 Å². The Kier molecular flexibility index (Phi) is 7.50. The molecular formula is C26H43N5O5. The van der Waals surface area contributed by atoms with Gasteiger partial charge in [0.2, 0.25) is 17.7 Å². The molecule has 3 fully saturated rings. The predicted octanol–water partition coefficient (Wildman–Crippen LogP) is 1.19. The summed E-state index contributed by atoms with van der Waals surface area (Å²) in [6.45, 7) is 16.3. The number of nitrogens with one attached hydrogen (secondary N) is 4. The van der Waals surface area contributed by atoms with Gasteiger partial charge in [-0.2, -0.15) is 0 Å². The van der Waals surface area contributed by atoms with E-state index in [1.165, 1.54) is 0 Å². The van der Waals surface area contributed by atoms with E-state index in [0.29, 0.717) is 25.8 Å². The standard InChI is InChI=1S/C26H43N5O5/c1-24(2,3)19(29-23(36)30-25(4,5)6)22(35)31-12-16-17(26(16,7)8)18(31)21(34)28-15(13-32)11-14-9-10-27-20(14)33/h13-19H,9-12H2,1-8H3,(H,27,33)(H,28,34)(H2,29,30,36)/t14-,15-,16-,17-,18-,19+/m0/s1.